The molecule has 0 fully saturated rings. The Bertz CT molecular complexity index is 190. The fourth-order valence-electron chi connectivity index (χ4n) is 0.956. The Balaban J connectivity index is 2.53. The third-order valence-corrected chi connectivity index (χ3v) is 1.55. The molecule has 0 saturated carbocycles. The van der Waals surface area contributed by atoms with E-state index in [4.69, 9.17) is 10.8 Å². The molecule has 4 N–H and O–H groups in total. The van der Waals surface area contributed by atoms with Crippen LogP contribution in [-0.4, -0.2) is 36.0 Å². The van der Waals surface area contributed by atoms with E-state index in [1.165, 1.54) is 0 Å². The zero-order chi connectivity index (χ0) is 8.27. The van der Waals surface area contributed by atoms with Gasteiger partial charge in [-0.1, -0.05) is 0 Å². The Hall–Kier alpha value is -1.10. The zero-order valence-corrected chi connectivity index (χ0v) is 6.08. The molecule has 0 unspecified atom stereocenters. The third kappa shape index (κ3) is 1.91. The fourth-order valence-corrected chi connectivity index (χ4v) is 0.956. The van der Waals surface area contributed by atoms with Crippen LogP contribution in [0.15, 0.2) is 4.99 Å². The van der Waals surface area contributed by atoms with Crippen molar-refractivity contribution in [2.75, 3.05) is 13.1 Å². The topological polar surface area (TPSA) is 87.7 Å². The number of carboxylic acid groups (broad SMARTS) is 1. The number of aliphatic carboxylic acids is 1. The summed E-state index contributed by atoms with van der Waals surface area (Å²) in [7, 11) is 0. The summed E-state index contributed by atoms with van der Waals surface area (Å²) in [5.41, 5.74) is 5.28. The molecule has 0 aromatic heterocycles. The van der Waals surface area contributed by atoms with Crippen LogP contribution in [-0.2, 0) is 4.79 Å². The molecule has 5 nitrogen and oxygen atoms in total. The highest BCUT2D eigenvalue weighted by Crippen LogP contribution is 1.98. The highest BCUT2D eigenvalue weighted by atomic mass is 16.4. The Labute approximate surface area is 64.3 Å². The van der Waals surface area contributed by atoms with Gasteiger partial charge in [0.1, 0.15) is 11.9 Å². The van der Waals surface area contributed by atoms with Gasteiger partial charge in [0, 0.05) is 6.54 Å². The summed E-state index contributed by atoms with van der Waals surface area (Å²) < 4.78 is 0. The van der Waals surface area contributed by atoms with Crippen molar-refractivity contribution in [2.24, 2.45) is 10.7 Å². The van der Waals surface area contributed by atoms with Crippen molar-refractivity contribution >= 4 is 11.8 Å². The van der Waals surface area contributed by atoms with Crippen molar-refractivity contribution in [2.45, 2.75) is 12.5 Å². The fraction of sp³-hybridized carbons (Fsp3) is 0.667. The molecule has 1 aliphatic rings. The number of amidine groups is 1. The van der Waals surface area contributed by atoms with E-state index in [1.54, 1.807) is 0 Å². The maximum absolute atomic E-state index is 10.5. The largest absolute Gasteiger partial charge is 0.480 e. The van der Waals surface area contributed by atoms with Crippen LogP contribution in [0.1, 0.15) is 6.42 Å². The molecule has 62 valence electrons. The number of hydrogen-bond acceptors (Lipinski definition) is 4. The average molecular weight is 157 g/mol. The number of rotatable bonds is 2. The van der Waals surface area contributed by atoms with Gasteiger partial charge in [-0.3, -0.25) is 4.99 Å². The first-order valence-electron chi connectivity index (χ1n) is 3.46. The highest BCUT2D eigenvalue weighted by Gasteiger charge is 2.20. The van der Waals surface area contributed by atoms with Crippen LogP contribution in [0.25, 0.3) is 0 Å². The van der Waals surface area contributed by atoms with E-state index in [2.05, 4.69) is 10.3 Å². The lowest BCUT2D eigenvalue weighted by Gasteiger charge is -2.19. The second-order valence-electron chi connectivity index (χ2n) is 2.36. The quantitative estimate of drug-likeness (QED) is 0.469. The number of nitrogens with zero attached hydrogens (tertiary/aromatic N) is 1. The van der Waals surface area contributed by atoms with Crippen LogP contribution < -0.4 is 11.1 Å². The maximum Gasteiger partial charge on any atom is 0.326 e. The number of carbonyl (C=O) groups is 1. The molecule has 0 aromatic carbocycles. The van der Waals surface area contributed by atoms with Crippen molar-refractivity contribution in [3.63, 3.8) is 0 Å². The molecular formula is C6H11N3O2. The van der Waals surface area contributed by atoms with Crippen molar-refractivity contribution in [1.82, 2.24) is 5.32 Å². The number of nitrogens with one attached hydrogen (secondary N) is 1. The van der Waals surface area contributed by atoms with Crippen molar-refractivity contribution in [1.29, 1.82) is 0 Å². The van der Waals surface area contributed by atoms with Crippen LogP contribution in [0.2, 0.25) is 0 Å². The predicted octanol–water partition coefficient (Wildman–Crippen LogP) is -1.21. The smallest absolute Gasteiger partial charge is 0.326 e. The lowest BCUT2D eigenvalue weighted by molar-refractivity contribution is -0.139. The Kier molecular flexibility index (Phi) is 2.43. The molecule has 1 aliphatic heterocycles. The van der Waals surface area contributed by atoms with Crippen LogP contribution in [0.5, 0.6) is 0 Å². The highest BCUT2D eigenvalue weighted by molar-refractivity contribution is 5.89. The summed E-state index contributed by atoms with van der Waals surface area (Å²) in [6.45, 7) is 0.834. The van der Waals surface area contributed by atoms with E-state index in [9.17, 15) is 4.79 Å². The molecular weight excluding hydrogens is 146 g/mol. The Morgan fingerprint density at radius 2 is 2.64 bits per heavy atom. The van der Waals surface area contributed by atoms with Crippen LogP contribution in [0, 0.1) is 0 Å². The minimum absolute atomic E-state index is 0.282. The third-order valence-electron chi connectivity index (χ3n) is 1.55. The lowest BCUT2D eigenvalue weighted by Crippen LogP contribution is -2.46. The van der Waals surface area contributed by atoms with E-state index in [-0.39, 0.29) is 6.54 Å². The minimum atomic E-state index is -0.842. The molecule has 5 heteroatoms. The maximum atomic E-state index is 10.5. The summed E-state index contributed by atoms with van der Waals surface area (Å²) in [5.74, 6) is -0.255. The SMILES string of the molecule is NCC1=NCC[C@H](C(=O)O)N1. The first-order valence-corrected chi connectivity index (χ1v) is 3.46. The van der Waals surface area contributed by atoms with Gasteiger partial charge in [-0.25, -0.2) is 4.79 Å². The second-order valence-corrected chi connectivity index (χ2v) is 2.36. The van der Waals surface area contributed by atoms with Gasteiger partial charge in [0.25, 0.3) is 0 Å². The van der Waals surface area contributed by atoms with Crippen molar-refractivity contribution in [3.05, 3.63) is 0 Å². The zero-order valence-electron chi connectivity index (χ0n) is 6.08. The molecule has 1 heterocycles. The standard InChI is InChI=1S/C6H11N3O2/c7-3-5-8-2-1-4(9-5)6(10)11/h4H,1-3,7H2,(H,8,9)(H,10,11)/t4-/m1/s1. The van der Waals surface area contributed by atoms with Crippen molar-refractivity contribution in [3.8, 4) is 0 Å². The van der Waals surface area contributed by atoms with E-state index in [0.717, 1.165) is 0 Å². The summed E-state index contributed by atoms with van der Waals surface area (Å²) in [5, 5.41) is 11.3. The average Bonchev–Trinajstić information content (AvgIpc) is 2.05. The molecule has 1 rings (SSSR count). The van der Waals surface area contributed by atoms with Gasteiger partial charge in [0.05, 0.1) is 6.54 Å². The molecule has 0 amide bonds. The van der Waals surface area contributed by atoms with E-state index >= 15 is 0 Å². The van der Waals surface area contributed by atoms with Gasteiger partial charge in [-0.05, 0) is 6.42 Å². The van der Waals surface area contributed by atoms with Crippen LogP contribution in [0.4, 0.5) is 0 Å². The first kappa shape index (κ1) is 8.00. The van der Waals surface area contributed by atoms with Crippen LogP contribution >= 0.6 is 0 Å². The number of carboxylic acids is 1. The monoisotopic (exact) mass is 157 g/mol. The summed E-state index contributed by atoms with van der Waals surface area (Å²) in [4.78, 5) is 14.5. The van der Waals surface area contributed by atoms with Gasteiger partial charge < -0.3 is 16.2 Å². The number of nitrogens with two attached hydrogens (primary N) is 1. The van der Waals surface area contributed by atoms with Gasteiger partial charge >= 0.3 is 5.97 Å². The summed E-state index contributed by atoms with van der Waals surface area (Å²) in [6.07, 6.45) is 0.541. The van der Waals surface area contributed by atoms with Gasteiger partial charge in [-0.2, -0.15) is 0 Å². The summed E-state index contributed by atoms with van der Waals surface area (Å²) in [6, 6.07) is -0.508. The Morgan fingerprint density at radius 3 is 3.18 bits per heavy atom. The predicted molar refractivity (Wildman–Crippen MR) is 40.5 cm³/mol. The molecule has 0 aliphatic carbocycles. The first-order chi connectivity index (χ1) is 5.24. The van der Waals surface area contributed by atoms with E-state index < -0.39 is 12.0 Å². The normalized spacial score (nSPS) is 23.7. The molecule has 11 heavy (non-hydrogen) atoms. The molecule has 0 bridgehead atoms. The minimum Gasteiger partial charge on any atom is -0.480 e. The van der Waals surface area contributed by atoms with Gasteiger partial charge in [0.15, 0.2) is 0 Å². The summed E-state index contributed by atoms with van der Waals surface area (Å²) >= 11 is 0. The van der Waals surface area contributed by atoms with E-state index in [1.807, 2.05) is 0 Å². The molecule has 0 spiro atoms. The number of hydrogen-bond donors (Lipinski definition) is 3. The number of aliphatic imine (C=N–C) groups is 1. The second kappa shape index (κ2) is 3.34. The molecule has 0 aromatic rings. The van der Waals surface area contributed by atoms with Gasteiger partial charge in [0.2, 0.25) is 0 Å². The van der Waals surface area contributed by atoms with Crippen LogP contribution in [0.3, 0.4) is 0 Å². The Morgan fingerprint density at radius 1 is 1.91 bits per heavy atom. The van der Waals surface area contributed by atoms with E-state index in [0.29, 0.717) is 18.8 Å². The molecule has 0 saturated heterocycles. The molecule has 0 radical (unpaired) electrons. The lowest BCUT2D eigenvalue weighted by atomic mass is 10.2. The van der Waals surface area contributed by atoms with Crippen molar-refractivity contribution < 1.29 is 9.90 Å². The van der Waals surface area contributed by atoms with Gasteiger partial charge in [-0.15, -0.1) is 0 Å². The molecule has 1 atom stereocenters.